The summed E-state index contributed by atoms with van der Waals surface area (Å²) in [6, 6.07) is 17.6. The van der Waals surface area contributed by atoms with E-state index in [-0.39, 0.29) is 0 Å². The van der Waals surface area contributed by atoms with Gasteiger partial charge in [0, 0.05) is 17.0 Å². The molecular formula is C18H20ClN. The summed E-state index contributed by atoms with van der Waals surface area (Å²) < 4.78 is 0. The van der Waals surface area contributed by atoms with Gasteiger partial charge in [-0.2, -0.15) is 0 Å². The van der Waals surface area contributed by atoms with E-state index in [1.54, 1.807) is 0 Å². The van der Waals surface area contributed by atoms with Crippen LogP contribution in [0.3, 0.4) is 0 Å². The molecule has 0 bridgehead atoms. The van der Waals surface area contributed by atoms with E-state index in [2.05, 4.69) is 48.8 Å². The predicted molar refractivity (Wildman–Crippen MR) is 85.5 cm³/mol. The van der Waals surface area contributed by atoms with Gasteiger partial charge in [0.2, 0.25) is 0 Å². The highest BCUT2D eigenvalue weighted by molar-refractivity contribution is 6.30. The molecule has 2 heteroatoms. The number of likely N-dealkylation sites (N-methyl/N-ethyl adjacent to an activating group) is 1. The van der Waals surface area contributed by atoms with E-state index in [0.717, 1.165) is 11.4 Å². The summed E-state index contributed by atoms with van der Waals surface area (Å²) in [5, 5.41) is 4.32. The van der Waals surface area contributed by atoms with Crippen molar-refractivity contribution in [3.8, 4) is 0 Å². The van der Waals surface area contributed by atoms with Gasteiger partial charge in [-0.1, -0.05) is 48.0 Å². The Morgan fingerprint density at radius 3 is 2.65 bits per heavy atom. The fourth-order valence-corrected chi connectivity index (χ4v) is 3.45. The van der Waals surface area contributed by atoms with Crippen LogP contribution in [0.1, 0.15) is 29.0 Å². The summed E-state index contributed by atoms with van der Waals surface area (Å²) in [5.41, 5.74) is 4.40. The Morgan fingerprint density at radius 1 is 1.15 bits per heavy atom. The first kappa shape index (κ1) is 13.7. The van der Waals surface area contributed by atoms with Crippen LogP contribution in [-0.2, 0) is 12.8 Å². The van der Waals surface area contributed by atoms with E-state index in [1.807, 2.05) is 12.1 Å². The molecular weight excluding hydrogens is 266 g/mol. The molecule has 2 unspecified atom stereocenters. The van der Waals surface area contributed by atoms with Crippen LogP contribution < -0.4 is 5.32 Å². The van der Waals surface area contributed by atoms with Crippen molar-refractivity contribution in [2.45, 2.75) is 31.2 Å². The van der Waals surface area contributed by atoms with Crippen molar-refractivity contribution in [2.75, 3.05) is 7.05 Å². The normalized spacial score (nSPS) is 18.8. The summed E-state index contributed by atoms with van der Waals surface area (Å²) in [5.74, 6) is 0.617. The Bertz CT molecular complexity index is 576. The molecule has 2 aromatic carbocycles. The molecule has 0 saturated heterocycles. The number of hydrogen-bond acceptors (Lipinski definition) is 1. The van der Waals surface area contributed by atoms with Crippen LogP contribution in [0.4, 0.5) is 0 Å². The molecule has 0 aromatic heterocycles. The van der Waals surface area contributed by atoms with E-state index in [4.69, 9.17) is 11.6 Å². The van der Waals surface area contributed by atoms with Gasteiger partial charge >= 0.3 is 0 Å². The summed E-state index contributed by atoms with van der Waals surface area (Å²) in [7, 11) is 2.07. The molecule has 0 heterocycles. The Morgan fingerprint density at radius 2 is 1.90 bits per heavy atom. The monoisotopic (exact) mass is 285 g/mol. The van der Waals surface area contributed by atoms with Crippen LogP contribution in [0, 0.1) is 0 Å². The molecule has 2 atom stereocenters. The second-order valence-electron chi connectivity index (χ2n) is 5.57. The fourth-order valence-electron chi connectivity index (χ4n) is 3.33. The quantitative estimate of drug-likeness (QED) is 0.888. The minimum atomic E-state index is 0.486. The van der Waals surface area contributed by atoms with Crippen molar-refractivity contribution in [3.63, 3.8) is 0 Å². The number of halogens is 1. The number of rotatable bonds is 4. The molecule has 0 amide bonds. The minimum absolute atomic E-state index is 0.486. The second kappa shape index (κ2) is 5.99. The van der Waals surface area contributed by atoms with E-state index < -0.39 is 0 Å². The minimum Gasteiger partial charge on any atom is -0.316 e. The molecule has 1 nitrogen and oxygen atoms in total. The number of nitrogens with one attached hydrogen (secondary N) is 1. The molecule has 0 spiro atoms. The number of hydrogen-bond donors (Lipinski definition) is 1. The highest BCUT2D eigenvalue weighted by Crippen LogP contribution is 2.36. The average molecular weight is 286 g/mol. The van der Waals surface area contributed by atoms with Crippen LogP contribution >= 0.6 is 11.6 Å². The van der Waals surface area contributed by atoms with E-state index >= 15 is 0 Å². The number of aryl methyl sites for hydroxylation is 1. The van der Waals surface area contributed by atoms with Gasteiger partial charge in [-0.05, 0) is 55.1 Å². The summed E-state index contributed by atoms with van der Waals surface area (Å²) in [4.78, 5) is 0. The maximum Gasteiger partial charge on any atom is 0.0406 e. The first-order valence-corrected chi connectivity index (χ1v) is 7.65. The van der Waals surface area contributed by atoms with Gasteiger partial charge in [0.25, 0.3) is 0 Å². The topological polar surface area (TPSA) is 12.0 Å². The zero-order chi connectivity index (χ0) is 13.9. The van der Waals surface area contributed by atoms with E-state index in [1.165, 1.54) is 29.5 Å². The second-order valence-corrected chi connectivity index (χ2v) is 6.01. The van der Waals surface area contributed by atoms with Crippen molar-refractivity contribution >= 4 is 11.6 Å². The zero-order valence-corrected chi connectivity index (χ0v) is 12.5. The SMILES string of the molecule is CNC(Cc1ccc(Cl)cc1)C1CCc2ccccc21. The van der Waals surface area contributed by atoms with Crippen molar-refractivity contribution in [1.29, 1.82) is 0 Å². The molecule has 0 saturated carbocycles. The first-order chi connectivity index (χ1) is 9.78. The molecule has 1 aliphatic rings. The largest absolute Gasteiger partial charge is 0.316 e. The van der Waals surface area contributed by atoms with Crippen LogP contribution in [0.2, 0.25) is 5.02 Å². The average Bonchev–Trinajstić information content (AvgIpc) is 2.91. The standard InChI is InChI=1S/C18H20ClN/c1-20-18(12-13-6-9-15(19)10-7-13)17-11-8-14-4-2-3-5-16(14)17/h2-7,9-10,17-18,20H,8,11-12H2,1H3. The summed E-state index contributed by atoms with van der Waals surface area (Å²) in [6.45, 7) is 0. The molecule has 20 heavy (non-hydrogen) atoms. The number of fused-ring (bicyclic) bond motifs is 1. The van der Waals surface area contributed by atoms with Crippen LogP contribution in [0.25, 0.3) is 0 Å². The molecule has 0 fully saturated rings. The third kappa shape index (κ3) is 2.74. The van der Waals surface area contributed by atoms with Crippen molar-refractivity contribution < 1.29 is 0 Å². The highest BCUT2D eigenvalue weighted by Gasteiger charge is 2.28. The number of benzene rings is 2. The van der Waals surface area contributed by atoms with Gasteiger partial charge in [0.05, 0.1) is 0 Å². The maximum atomic E-state index is 5.96. The van der Waals surface area contributed by atoms with Crippen LogP contribution in [0.5, 0.6) is 0 Å². The Hall–Kier alpha value is -1.31. The molecule has 1 aliphatic carbocycles. The maximum absolute atomic E-state index is 5.96. The smallest absolute Gasteiger partial charge is 0.0406 e. The van der Waals surface area contributed by atoms with Gasteiger partial charge in [0.1, 0.15) is 0 Å². The van der Waals surface area contributed by atoms with Crippen LogP contribution in [-0.4, -0.2) is 13.1 Å². The van der Waals surface area contributed by atoms with Crippen LogP contribution in [0.15, 0.2) is 48.5 Å². The van der Waals surface area contributed by atoms with E-state index in [9.17, 15) is 0 Å². The third-order valence-electron chi connectivity index (χ3n) is 4.40. The Kier molecular flexibility index (Phi) is 4.09. The van der Waals surface area contributed by atoms with Gasteiger partial charge in [-0.25, -0.2) is 0 Å². The van der Waals surface area contributed by atoms with Gasteiger partial charge in [0.15, 0.2) is 0 Å². The lowest BCUT2D eigenvalue weighted by atomic mass is 9.89. The summed E-state index contributed by atoms with van der Waals surface area (Å²) >= 11 is 5.96. The Labute approximate surface area is 126 Å². The lowest BCUT2D eigenvalue weighted by molar-refractivity contribution is 0.456. The van der Waals surface area contributed by atoms with Gasteiger partial charge in [-0.15, -0.1) is 0 Å². The van der Waals surface area contributed by atoms with Gasteiger partial charge < -0.3 is 5.32 Å². The molecule has 0 aliphatic heterocycles. The molecule has 104 valence electrons. The van der Waals surface area contributed by atoms with Crippen molar-refractivity contribution in [2.24, 2.45) is 0 Å². The summed E-state index contributed by atoms with van der Waals surface area (Å²) in [6.07, 6.45) is 3.50. The highest BCUT2D eigenvalue weighted by atomic mass is 35.5. The predicted octanol–water partition coefficient (Wildman–Crippen LogP) is 4.20. The lowest BCUT2D eigenvalue weighted by Crippen LogP contribution is -2.33. The molecule has 3 rings (SSSR count). The van der Waals surface area contributed by atoms with Gasteiger partial charge in [-0.3, -0.25) is 0 Å². The molecule has 1 N–H and O–H groups in total. The first-order valence-electron chi connectivity index (χ1n) is 7.27. The van der Waals surface area contributed by atoms with Crippen molar-refractivity contribution in [3.05, 3.63) is 70.2 Å². The lowest BCUT2D eigenvalue weighted by Gasteiger charge is -2.24. The molecule has 2 aromatic rings. The third-order valence-corrected chi connectivity index (χ3v) is 4.66. The fraction of sp³-hybridized carbons (Fsp3) is 0.333. The zero-order valence-electron chi connectivity index (χ0n) is 11.8. The van der Waals surface area contributed by atoms with Crippen molar-refractivity contribution in [1.82, 2.24) is 5.32 Å². The Balaban J connectivity index is 1.79. The van der Waals surface area contributed by atoms with E-state index in [0.29, 0.717) is 12.0 Å². The molecule has 0 radical (unpaired) electrons.